The minimum Gasteiger partial charge on any atom is -0.444 e. The molecular formula is C18H36Cl2F2N4O4. The number of hydrogen-bond acceptors (Lipinski definition) is 6. The molecular weight excluding hydrogens is 445 g/mol. The summed E-state index contributed by atoms with van der Waals surface area (Å²) in [6.07, 6.45) is -3.17. The van der Waals surface area contributed by atoms with Gasteiger partial charge in [0.15, 0.2) is 0 Å². The van der Waals surface area contributed by atoms with Crippen LogP contribution in [0, 0.1) is 0 Å². The Labute approximate surface area is 189 Å². The van der Waals surface area contributed by atoms with Gasteiger partial charge in [0.2, 0.25) is 0 Å². The fourth-order valence-corrected chi connectivity index (χ4v) is 2.49. The number of carbonyl (C=O) groups is 2. The molecule has 2 aliphatic heterocycles. The first kappa shape index (κ1) is 31.1. The number of alkyl carbamates (subject to hydrolysis) is 2. The van der Waals surface area contributed by atoms with Crippen molar-refractivity contribution < 1.29 is 27.8 Å². The lowest BCUT2D eigenvalue weighted by Gasteiger charge is -2.22. The van der Waals surface area contributed by atoms with Gasteiger partial charge in [-0.05, 0) is 41.5 Å². The molecule has 0 unspecified atom stereocenters. The van der Waals surface area contributed by atoms with E-state index in [1.807, 2.05) is 0 Å². The van der Waals surface area contributed by atoms with Crippen molar-refractivity contribution in [2.75, 3.05) is 26.2 Å². The minimum atomic E-state index is -1.03. The fourth-order valence-electron chi connectivity index (χ4n) is 2.49. The number of rotatable bonds is 2. The summed E-state index contributed by atoms with van der Waals surface area (Å²) < 4.78 is 36.1. The second-order valence-electron chi connectivity index (χ2n) is 8.85. The van der Waals surface area contributed by atoms with Crippen LogP contribution in [0.15, 0.2) is 0 Å². The molecule has 2 fully saturated rings. The van der Waals surface area contributed by atoms with Crippen molar-refractivity contribution in [3.63, 3.8) is 0 Å². The highest BCUT2D eigenvalue weighted by Crippen LogP contribution is 2.10. The lowest BCUT2D eigenvalue weighted by molar-refractivity contribution is 0.0479. The number of hydrogen-bond donors (Lipinski definition) is 4. The van der Waals surface area contributed by atoms with Crippen molar-refractivity contribution >= 4 is 37.0 Å². The molecule has 2 amide bonds. The molecule has 0 spiro atoms. The normalized spacial score (nSPS) is 25.6. The van der Waals surface area contributed by atoms with Crippen molar-refractivity contribution in [1.29, 1.82) is 0 Å². The largest absolute Gasteiger partial charge is 0.444 e. The Morgan fingerprint density at radius 1 is 0.733 bits per heavy atom. The van der Waals surface area contributed by atoms with Crippen molar-refractivity contribution in [3.05, 3.63) is 0 Å². The zero-order chi connectivity index (χ0) is 21.5. The van der Waals surface area contributed by atoms with Gasteiger partial charge >= 0.3 is 12.2 Å². The van der Waals surface area contributed by atoms with Gasteiger partial charge in [0.1, 0.15) is 23.5 Å². The molecule has 180 valence electrons. The Morgan fingerprint density at radius 2 is 1.03 bits per heavy atom. The third-order valence-electron chi connectivity index (χ3n) is 3.68. The topological polar surface area (TPSA) is 101 Å². The van der Waals surface area contributed by atoms with Crippen molar-refractivity contribution in [1.82, 2.24) is 21.3 Å². The third-order valence-corrected chi connectivity index (χ3v) is 3.68. The van der Waals surface area contributed by atoms with E-state index in [4.69, 9.17) is 9.47 Å². The van der Waals surface area contributed by atoms with Gasteiger partial charge in [0, 0.05) is 26.2 Å². The summed E-state index contributed by atoms with van der Waals surface area (Å²) >= 11 is 0. The van der Waals surface area contributed by atoms with E-state index in [9.17, 15) is 18.4 Å². The summed E-state index contributed by atoms with van der Waals surface area (Å²) in [6.45, 7) is 12.1. The number of carbonyl (C=O) groups excluding carboxylic acids is 2. The number of nitrogens with one attached hydrogen (secondary N) is 4. The second kappa shape index (κ2) is 13.3. The molecule has 0 aromatic carbocycles. The first-order valence-electron chi connectivity index (χ1n) is 9.45. The number of ether oxygens (including phenoxy) is 2. The van der Waals surface area contributed by atoms with Crippen LogP contribution in [0.1, 0.15) is 41.5 Å². The average Bonchev–Trinajstić information content (AvgIpc) is 3.05. The molecule has 4 N–H and O–H groups in total. The van der Waals surface area contributed by atoms with Gasteiger partial charge in [-0.15, -0.1) is 24.8 Å². The molecule has 4 atom stereocenters. The van der Waals surface area contributed by atoms with E-state index in [1.54, 1.807) is 41.5 Å². The predicted molar refractivity (Wildman–Crippen MR) is 116 cm³/mol. The maximum absolute atomic E-state index is 13.0. The summed E-state index contributed by atoms with van der Waals surface area (Å²) in [5, 5.41) is 10.7. The van der Waals surface area contributed by atoms with Crippen molar-refractivity contribution in [3.8, 4) is 0 Å². The maximum Gasteiger partial charge on any atom is 0.408 e. The zero-order valence-corrected chi connectivity index (χ0v) is 20.0. The molecule has 0 aromatic rings. The van der Waals surface area contributed by atoms with E-state index in [0.717, 1.165) is 0 Å². The molecule has 0 saturated carbocycles. The van der Waals surface area contributed by atoms with E-state index in [0.29, 0.717) is 26.2 Å². The average molecular weight is 481 g/mol. The van der Waals surface area contributed by atoms with Crippen LogP contribution >= 0.6 is 24.8 Å². The fraction of sp³-hybridized carbons (Fsp3) is 0.889. The lowest BCUT2D eigenvalue weighted by Crippen LogP contribution is -2.43. The first-order valence-corrected chi connectivity index (χ1v) is 9.45. The summed E-state index contributed by atoms with van der Waals surface area (Å²) in [7, 11) is 0. The van der Waals surface area contributed by atoms with Gasteiger partial charge < -0.3 is 30.7 Å². The van der Waals surface area contributed by atoms with Gasteiger partial charge in [-0.1, -0.05) is 0 Å². The molecule has 30 heavy (non-hydrogen) atoms. The molecule has 8 nitrogen and oxygen atoms in total. The van der Waals surface area contributed by atoms with Crippen LogP contribution in [-0.2, 0) is 9.47 Å². The molecule has 2 heterocycles. The highest BCUT2D eigenvalue weighted by Gasteiger charge is 2.30. The Balaban J connectivity index is 0. The van der Waals surface area contributed by atoms with Gasteiger partial charge in [-0.3, -0.25) is 0 Å². The van der Waals surface area contributed by atoms with Gasteiger partial charge in [-0.2, -0.15) is 0 Å². The number of alkyl halides is 2. The molecule has 2 rings (SSSR count). The van der Waals surface area contributed by atoms with E-state index in [1.165, 1.54) is 0 Å². The SMILES string of the molecule is CC(C)(C)OC(=O)N[C@@H]1CNC[C@H]1F.CC(C)(C)OC(=O)N[C@H]1CNC[C@@H]1F.Cl.Cl. The van der Waals surface area contributed by atoms with Crippen LogP contribution in [-0.4, -0.2) is 74.0 Å². The van der Waals surface area contributed by atoms with Gasteiger partial charge in [-0.25, -0.2) is 18.4 Å². The summed E-state index contributed by atoms with van der Waals surface area (Å²) in [5.41, 5.74) is -1.08. The summed E-state index contributed by atoms with van der Waals surface area (Å²) in [5.74, 6) is 0. The van der Waals surface area contributed by atoms with Crippen molar-refractivity contribution in [2.24, 2.45) is 0 Å². The van der Waals surface area contributed by atoms with Gasteiger partial charge in [0.25, 0.3) is 0 Å². The van der Waals surface area contributed by atoms with Crippen LogP contribution in [0.5, 0.6) is 0 Å². The van der Waals surface area contributed by atoms with Gasteiger partial charge in [0.05, 0.1) is 12.1 Å². The first-order chi connectivity index (χ1) is 12.8. The minimum absolute atomic E-state index is 0. The Bertz CT molecular complexity index is 487. The van der Waals surface area contributed by atoms with Crippen LogP contribution in [0.25, 0.3) is 0 Å². The highest BCUT2D eigenvalue weighted by molar-refractivity contribution is 5.85. The Morgan fingerprint density at radius 3 is 1.23 bits per heavy atom. The van der Waals surface area contributed by atoms with E-state index >= 15 is 0 Å². The molecule has 2 saturated heterocycles. The van der Waals surface area contributed by atoms with Crippen LogP contribution in [0.3, 0.4) is 0 Å². The predicted octanol–water partition coefficient (Wildman–Crippen LogP) is 2.49. The molecule has 0 bridgehead atoms. The maximum atomic E-state index is 13.0. The van der Waals surface area contributed by atoms with Crippen LogP contribution < -0.4 is 21.3 Å². The van der Waals surface area contributed by atoms with Crippen LogP contribution in [0.4, 0.5) is 18.4 Å². The standard InChI is InChI=1S/2C9H17FN2O2.2ClH/c2*1-9(2,3)14-8(13)12-7-5-11-4-6(7)10;;/h2*6-7,11H,4-5H2,1-3H3,(H,12,13);2*1H/t2*6-,7-;;/m10../s1. The van der Waals surface area contributed by atoms with E-state index in [-0.39, 0.29) is 24.8 Å². The summed E-state index contributed by atoms with van der Waals surface area (Å²) in [6, 6.07) is -0.935. The Kier molecular flexibility index (Phi) is 13.8. The Hall–Kier alpha value is -1.10. The smallest absolute Gasteiger partial charge is 0.408 e. The molecule has 0 aromatic heterocycles. The summed E-state index contributed by atoms with van der Waals surface area (Å²) in [4.78, 5) is 22.5. The molecule has 0 radical (unpaired) electrons. The van der Waals surface area contributed by atoms with Crippen LogP contribution in [0.2, 0.25) is 0 Å². The highest BCUT2D eigenvalue weighted by atomic mass is 35.5. The zero-order valence-electron chi connectivity index (χ0n) is 18.3. The third kappa shape index (κ3) is 13.3. The van der Waals surface area contributed by atoms with E-state index < -0.39 is 47.8 Å². The molecule has 12 heteroatoms. The second-order valence-corrected chi connectivity index (χ2v) is 8.85. The molecule has 0 aliphatic carbocycles. The molecule has 2 aliphatic rings. The monoisotopic (exact) mass is 480 g/mol. The lowest BCUT2D eigenvalue weighted by atomic mass is 10.2. The van der Waals surface area contributed by atoms with Crippen molar-refractivity contribution in [2.45, 2.75) is 77.2 Å². The number of halogens is 4. The number of amides is 2. The van der Waals surface area contributed by atoms with E-state index in [2.05, 4.69) is 21.3 Å². The quantitative estimate of drug-likeness (QED) is 0.484.